The monoisotopic (exact) mass is 419 g/mol. The number of halogens is 2. The van der Waals surface area contributed by atoms with Crippen molar-refractivity contribution in [2.45, 2.75) is 13.5 Å². The van der Waals surface area contributed by atoms with Gasteiger partial charge >= 0.3 is 0 Å². The van der Waals surface area contributed by atoms with Crippen molar-refractivity contribution in [3.8, 4) is 5.75 Å². The zero-order valence-electron chi connectivity index (χ0n) is 15.9. The standard InChI is InChI=1S/C25H19Cl2NO/c1-17-7-2-5-12-24(17)28-15-18-13-22(26)25(23(27)14-18)29-16-20-10-6-9-19-8-3-4-11-21(19)20/h2-15H,16H2,1H3. The third-order valence-electron chi connectivity index (χ3n) is 4.74. The Labute approximate surface area is 180 Å². The van der Waals surface area contributed by atoms with Gasteiger partial charge in [0.15, 0.2) is 5.75 Å². The molecular formula is C25H19Cl2NO. The lowest BCUT2D eigenvalue weighted by atomic mass is 10.1. The Kier molecular flexibility index (Phi) is 5.84. The van der Waals surface area contributed by atoms with Gasteiger partial charge in [0.25, 0.3) is 0 Å². The fourth-order valence-corrected chi connectivity index (χ4v) is 3.83. The zero-order chi connectivity index (χ0) is 20.2. The molecule has 0 aromatic heterocycles. The lowest BCUT2D eigenvalue weighted by Gasteiger charge is -2.12. The highest BCUT2D eigenvalue weighted by atomic mass is 35.5. The number of fused-ring (bicyclic) bond motifs is 1. The topological polar surface area (TPSA) is 21.6 Å². The summed E-state index contributed by atoms with van der Waals surface area (Å²) in [4.78, 5) is 4.53. The van der Waals surface area contributed by atoms with Crippen molar-refractivity contribution in [2.75, 3.05) is 0 Å². The predicted octanol–water partition coefficient (Wildman–Crippen LogP) is 7.78. The van der Waals surface area contributed by atoms with Crippen LogP contribution in [-0.4, -0.2) is 6.21 Å². The second-order valence-corrected chi connectivity index (χ2v) is 7.60. The van der Waals surface area contributed by atoms with E-state index in [9.17, 15) is 0 Å². The fraction of sp³-hybridized carbons (Fsp3) is 0.0800. The van der Waals surface area contributed by atoms with Crippen LogP contribution in [0.2, 0.25) is 10.0 Å². The van der Waals surface area contributed by atoms with Crippen LogP contribution in [0.1, 0.15) is 16.7 Å². The van der Waals surface area contributed by atoms with Crippen LogP contribution < -0.4 is 4.74 Å². The number of benzene rings is 4. The SMILES string of the molecule is Cc1ccccc1N=Cc1cc(Cl)c(OCc2cccc3ccccc23)c(Cl)c1. The van der Waals surface area contributed by atoms with Crippen molar-refractivity contribution in [2.24, 2.45) is 4.99 Å². The molecule has 144 valence electrons. The maximum absolute atomic E-state index is 6.46. The van der Waals surface area contributed by atoms with E-state index in [1.165, 1.54) is 5.39 Å². The van der Waals surface area contributed by atoms with E-state index < -0.39 is 0 Å². The predicted molar refractivity (Wildman–Crippen MR) is 123 cm³/mol. The van der Waals surface area contributed by atoms with Crippen molar-refractivity contribution >= 4 is 45.9 Å². The Morgan fingerprint density at radius 2 is 1.55 bits per heavy atom. The Morgan fingerprint density at radius 1 is 0.862 bits per heavy atom. The molecule has 0 atom stereocenters. The molecule has 4 heteroatoms. The number of rotatable bonds is 5. The molecule has 0 radical (unpaired) electrons. The van der Waals surface area contributed by atoms with Gasteiger partial charge in [-0.2, -0.15) is 0 Å². The zero-order valence-corrected chi connectivity index (χ0v) is 17.4. The largest absolute Gasteiger partial charge is 0.486 e. The summed E-state index contributed by atoms with van der Waals surface area (Å²) in [5.41, 5.74) is 3.92. The molecule has 2 nitrogen and oxygen atoms in total. The molecule has 0 aliphatic rings. The lowest BCUT2D eigenvalue weighted by Crippen LogP contribution is -1.98. The van der Waals surface area contributed by atoms with Crippen LogP contribution in [0.15, 0.2) is 83.9 Å². The first-order valence-corrected chi connectivity index (χ1v) is 10.1. The summed E-state index contributed by atoms with van der Waals surface area (Å²) in [6.45, 7) is 2.41. The summed E-state index contributed by atoms with van der Waals surface area (Å²) in [6, 6.07) is 25.9. The number of para-hydroxylation sites is 1. The van der Waals surface area contributed by atoms with Crippen molar-refractivity contribution in [3.05, 3.63) is 106 Å². The first kappa shape index (κ1) is 19.5. The van der Waals surface area contributed by atoms with E-state index in [0.29, 0.717) is 22.4 Å². The molecule has 0 heterocycles. The van der Waals surface area contributed by atoms with E-state index >= 15 is 0 Å². The van der Waals surface area contributed by atoms with Crippen molar-refractivity contribution in [1.82, 2.24) is 0 Å². The van der Waals surface area contributed by atoms with Crippen LogP contribution in [0.4, 0.5) is 5.69 Å². The number of hydrogen-bond donors (Lipinski definition) is 0. The molecule has 0 aliphatic carbocycles. The van der Waals surface area contributed by atoms with Gasteiger partial charge in [-0.3, -0.25) is 4.99 Å². The average Bonchev–Trinajstić information content (AvgIpc) is 2.72. The number of aryl methyl sites for hydroxylation is 1. The quantitative estimate of drug-likeness (QED) is 0.302. The first-order chi connectivity index (χ1) is 14.1. The molecule has 0 fully saturated rings. The van der Waals surface area contributed by atoms with Crippen LogP contribution in [0.25, 0.3) is 10.8 Å². The van der Waals surface area contributed by atoms with Crippen LogP contribution in [0.3, 0.4) is 0 Å². The highest BCUT2D eigenvalue weighted by Crippen LogP contribution is 2.35. The van der Waals surface area contributed by atoms with Crippen LogP contribution >= 0.6 is 23.2 Å². The third kappa shape index (κ3) is 4.45. The Bertz CT molecular complexity index is 1170. The van der Waals surface area contributed by atoms with Crippen molar-refractivity contribution in [1.29, 1.82) is 0 Å². The minimum atomic E-state index is 0.386. The molecular weight excluding hydrogens is 401 g/mol. The van der Waals surface area contributed by atoms with E-state index in [4.69, 9.17) is 27.9 Å². The van der Waals surface area contributed by atoms with E-state index in [2.05, 4.69) is 23.2 Å². The average molecular weight is 420 g/mol. The van der Waals surface area contributed by atoms with Crippen LogP contribution in [0, 0.1) is 6.92 Å². The minimum Gasteiger partial charge on any atom is -0.486 e. The van der Waals surface area contributed by atoms with Gasteiger partial charge in [-0.15, -0.1) is 0 Å². The van der Waals surface area contributed by atoms with Crippen molar-refractivity contribution in [3.63, 3.8) is 0 Å². The number of hydrogen-bond acceptors (Lipinski definition) is 2. The summed E-state index contributed by atoms with van der Waals surface area (Å²) in [5, 5.41) is 3.26. The molecule has 0 saturated heterocycles. The molecule has 0 amide bonds. The second-order valence-electron chi connectivity index (χ2n) is 6.79. The number of aliphatic imine (C=N–C) groups is 1. The molecule has 0 spiro atoms. The number of ether oxygens (including phenoxy) is 1. The smallest absolute Gasteiger partial charge is 0.157 e. The molecule has 4 rings (SSSR count). The minimum absolute atomic E-state index is 0.386. The fourth-order valence-electron chi connectivity index (χ4n) is 3.21. The summed E-state index contributed by atoms with van der Waals surface area (Å²) in [6.07, 6.45) is 1.76. The van der Waals surface area contributed by atoms with E-state index in [1.54, 1.807) is 6.21 Å². The highest BCUT2D eigenvalue weighted by Gasteiger charge is 2.11. The van der Waals surface area contributed by atoms with Gasteiger partial charge in [0, 0.05) is 6.21 Å². The molecule has 0 unspecified atom stereocenters. The lowest BCUT2D eigenvalue weighted by molar-refractivity contribution is 0.308. The highest BCUT2D eigenvalue weighted by molar-refractivity contribution is 6.37. The number of nitrogens with zero attached hydrogens (tertiary/aromatic N) is 1. The van der Waals surface area contributed by atoms with Gasteiger partial charge in [-0.1, -0.05) is 83.9 Å². The summed E-state index contributed by atoms with van der Waals surface area (Å²) in [5.74, 6) is 0.481. The summed E-state index contributed by atoms with van der Waals surface area (Å²) in [7, 11) is 0. The second kappa shape index (κ2) is 8.69. The maximum atomic E-state index is 6.46. The Balaban J connectivity index is 1.55. The third-order valence-corrected chi connectivity index (χ3v) is 5.30. The Morgan fingerprint density at radius 3 is 2.34 bits per heavy atom. The maximum Gasteiger partial charge on any atom is 0.157 e. The normalized spacial score (nSPS) is 11.3. The van der Waals surface area contributed by atoms with E-state index in [-0.39, 0.29) is 0 Å². The van der Waals surface area contributed by atoms with Crippen LogP contribution in [0.5, 0.6) is 5.75 Å². The summed E-state index contributed by atoms with van der Waals surface area (Å²) >= 11 is 12.9. The van der Waals surface area contributed by atoms with E-state index in [0.717, 1.165) is 27.8 Å². The van der Waals surface area contributed by atoms with Crippen LogP contribution in [-0.2, 0) is 6.61 Å². The Hall–Kier alpha value is -2.81. The summed E-state index contributed by atoms with van der Waals surface area (Å²) < 4.78 is 5.99. The van der Waals surface area contributed by atoms with Gasteiger partial charge < -0.3 is 4.74 Å². The molecule has 4 aromatic rings. The van der Waals surface area contributed by atoms with Gasteiger partial charge in [0.1, 0.15) is 6.61 Å². The van der Waals surface area contributed by atoms with Gasteiger partial charge in [0.2, 0.25) is 0 Å². The van der Waals surface area contributed by atoms with Gasteiger partial charge in [-0.25, -0.2) is 0 Å². The van der Waals surface area contributed by atoms with Gasteiger partial charge in [0.05, 0.1) is 15.7 Å². The van der Waals surface area contributed by atoms with Crippen molar-refractivity contribution < 1.29 is 4.74 Å². The molecule has 0 aliphatic heterocycles. The van der Waals surface area contributed by atoms with Gasteiger partial charge in [-0.05, 0) is 52.6 Å². The molecule has 29 heavy (non-hydrogen) atoms. The molecule has 0 saturated carbocycles. The molecule has 4 aromatic carbocycles. The first-order valence-electron chi connectivity index (χ1n) is 9.30. The molecule has 0 bridgehead atoms. The van der Waals surface area contributed by atoms with E-state index in [1.807, 2.05) is 67.6 Å². The molecule has 0 N–H and O–H groups in total.